The first-order valence-corrected chi connectivity index (χ1v) is 7.89. The molecule has 0 saturated carbocycles. The van der Waals surface area contributed by atoms with E-state index in [0.717, 1.165) is 36.7 Å². The number of nitrogens with one attached hydrogen (secondary N) is 1. The third kappa shape index (κ3) is 8.29. The largest absolute Gasteiger partial charge is 0.492 e. The van der Waals surface area contributed by atoms with E-state index in [1.807, 2.05) is 25.1 Å². The van der Waals surface area contributed by atoms with Crippen LogP contribution in [-0.4, -0.2) is 19.1 Å². The van der Waals surface area contributed by atoms with Gasteiger partial charge < -0.3 is 15.8 Å². The van der Waals surface area contributed by atoms with E-state index >= 15 is 0 Å². The molecule has 6 heteroatoms. The van der Waals surface area contributed by atoms with Gasteiger partial charge in [0.2, 0.25) is 5.91 Å². The summed E-state index contributed by atoms with van der Waals surface area (Å²) in [4.78, 5) is 11.9. The second-order valence-corrected chi connectivity index (χ2v) is 5.49. The molecule has 4 nitrogen and oxygen atoms in total. The van der Waals surface area contributed by atoms with Crippen LogP contribution in [0.2, 0.25) is 0 Å². The minimum Gasteiger partial charge on any atom is -0.492 e. The Bertz CT molecular complexity index is 430. The Kier molecular flexibility index (Phi) is 11.4. The highest BCUT2D eigenvalue weighted by Crippen LogP contribution is 2.28. The number of hydrogen-bond donors (Lipinski definition) is 2. The molecule has 0 aliphatic carbocycles. The number of rotatable bonds is 9. The molecule has 0 heterocycles. The van der Waals surface area contributed by atoms with E-state index in [1.165, 1.54) is 0 Å². The van der Waals surface area contributed by atoms with E-state index in [9.17, 15) is 4.79 Å². The zero-order chi connectivity index (χ0) is 14.8. The van der Waals surface area contributed by atoms with E-state index < -0.39 is 0 Å². The maximum Gasteiger partial charge on any atom is 0.224 e. The number of nitrogens with two attached hydrogens (primary N) is 1. The third-order valence-electron chi connectivity index (χ3n) is 2.87. The third-order valence-corrected chi connectivity index (χ3v) is 3.37. The summed E-state index contributed by atoms with van der Waals surface area (Å²) in [6.07, 6.45) is 4.58. The van der Waals surface area contributed by atoms with Crippen LogP contribution in [-0.2, 0) is 4.79 Å². The van der Waals surface area contributed by atoms with Gasteiger partial charge in [0.15, 0.2) is 0 Å². The highest BCUT2D eigenvalue weighted by Gasteiger charge is 2.08. The lowest BCUT2D eigenvalue weighted by molar-refractivity contribution is -0.116. The van der Waals surface area contributed by atoms with Crippen molar-refractivity contribution in [3.63, 3.8) is 0 Å². The number of benzene rings is 1. The summed E-state index contributed by atoms with van der Waals surface area (Å²) in [6, 6.07) is 5.61. The first kappa shape index (κ1) is 20.2. The maximum atomic E-state index is 11.9. The molecule has 120 valence electrons. The Labute approximate surface area is 141 Å². The molecule has 1 aromatic rings. The Balaban J connectivity index is 0.00000400. The lowest BCUT2D eigenvalue weighted by atomic mass is 10.1. The molecule has 0 saturated heterocycles. The van der Waals surface area contributed by atoms with Gasteiger partial charge in [-0.1, -0.05) is 28.8 Å². The van der Waals surface area contributed by atoms with Crippen molar-refractivity contribution in [1.82, 2.24) is 0 Å². The lowest BCUT2D eigenvalue weighted by Crippen LogP contribution is -2.12. The average molecular weight is 380 g/mol. The summed E-state index contributed by atoms with van der Waals surface area (Å²) in [5.74, 6) is 0.726. The van der Waals surface area contributed by atoms with Gasteiger partial charge in [0.1, 0.15) is 5.75 Å². The van der Waals surface area contributed by atoms with E-state index in [1.54, 1.807) is 0 Å². The Hall–Kier alpha value is -0.780. The molecular weight excluding hydrogens is 356 g/mol. The number of halogens is 2. The van der Waals surface area contributed by atoms with Gasteiger partial charge in [0.25, 0.3) is 0 Å². The molecule has 1 rings (SSSR count). The fourth-order valence-electron chi connectivity index (χ4n) is 1.88. The van der Waals surface area contributed by atoms with Crippen LogP contribution < -0.4 is 15.8 Å². The van der Waals surface area contributed by atoms with E-state index in [-0.39, 0.29) is 18.3 Å². The molecule has 0 bridgehead atoms. The molecule has 21 heavy (non-hydrogen) atoms. The molecule has 0 aliphatic heterocycles. The summed E-state index contributed by atoms with van der Waals surface area (Å²) in [5, 5.41) is 2.91. The summed E-state index contributed by atoms with van der Waals surface area (Å²) >= 11 is 3.40. The topological polar surface area (TPSA) is 64.3 Å². The summed E-state index contributed by atoms with van der Waals surface area (Å²) in [5.41, 5.74) is 6.15. The zero-order valence-corrected chi connectivity index (χ0v) is 14.8. The normalized spacial score (nSPS) is 9.86. The van der Waals surface area contributed by atoms with Gasteiger partial charge in [-0.15, -0.1) is 12.4 Å². The molecule has 0 spiro atoms. The molecule has 0 fully saturated rings. The number of ether oxygens (including phenoxy) is 1. The molecule has 3 N–H and O–H groups in total. The van der Waals surface area contributed by atoms with Crippen LogP contribution in [0.25, 0.3) is 0 Å². The van der Waals surface area contributed by atoms with Crippen LogP contribution in [0.3, 0.4) is 0 Å². The van der Waals surface area contributed by atoms with Crippen molar-refractivity contribution in [3.05, 3.63) is 22.7 Å². The van der Waals surface area contributed by atoms with Gasteiger partial charge in [-0.25, -0.2) is 0 Å². The van der Waals surface area contributed by atoms with Gasteiger partial charge in [-0.05, 0) is 44.5 Å². The van der Waals surface area contributed by atoms with Crippen molar-refractivity contribution >= 4 is 39.9 Å². The molecule has 1 aromatic carbocycles. The molecule has 0 atom stereocenters. The maximum absolute atomic E-state index is 11.9. The Morgan fingerprint density at radius 1 is 1.29 bits per heavy atom. The first-order chi connectivity index (χ1) is 9.67. The predicted molar refractivity (Wildman–Crippen MR) is 93.3 cm³/mol. The number of unbranched alkanes of at least 4 members (excludes halogenated alkanes) is 3. The smallest absolute Gasteiger partial charge is 0.224 e. The summed E-state index contributed by atoms with van der Waals surface area (Å²) < 4.78 is 6.42. The Morgan fingerprint density at radius 2 is 2.00 bits per heavy atom. The number of amides is 1. The van der Waals surface area contributed by atoms with Crippen molar-refractivity contribution in [1.29, 1.82) is 0 Å². The standard InChI is InChI=1S/C15H23BrN2O2.ClH/c1-2-20-14-9-8-12(16)11-13(14)18-15(19)7-5-3-4-6-10-17;/h8-9,11H,2-7,10,17H2,1H3,(H,18,19);1H. The van der Waals surface area contributed by atoms with Gasteiger partial charge >= 0.3 is 0 Å². The van der Waals surface area contributed by atoms with Gasteiger partial charge in [0, 0.05) is 10.9 Å². The van der Waals surface area contributed by atoms with E-state index in [4.69, 9.17) is 10.5 Å². The van der Waals surface area contributed by atoms with Crippen molar-refractivity contribution in [2.45, 2.75) is 39.0 Å². The van der Waals surface area contributed by atoms with Gasteiger partial charge in [0.05, 0.1) is 12.3 Å². The average Bonchev–Trinajstić information content (AvgIpc) is 2.42. The Morgan fingerprint density at radius 3 is 2.67 bits per heavy atom. The highest BCUT2D eigenvalue weighted by molar-refractivity contribution is 9.10. The van der Waals surface area contributed by atoms with Crippen LogP contribution in [0.4, 0.5) is 5.69 Å². The van der Waals surface area contributed by atoms with Crippen LogP contribution in [0.5, 0.6) is 5.75 Å². The first-order valence-electron chi connectivity index (χ1n) is 7.09. The van der Waals surface area contributed by atoms with E-state index in [0.29, 0.717) is 24.5 Å². The van der Waals surface area contributed by atoms with Crippen molar-refractivity contribution in [2.24, 2.45) is 5.73 Å². The van der Waals surface area contributed by atoms with Crippen LogP contribution >= 0.6 is 28.3 Å². The van der Waals surface area contributed by atoms with Crippen molar-refractivity contribution in [3.8, 4) is 5.75 Å². The SMILES string of the molecule is CCOc1ccc(Br)cc1NC(=O)CCCCCCN.Cl. The fourth-order valence-corrected chi connectivity index (χ4v) is 2.24. The summed E-state index contributed by atoms with van der Waals surface area (Å²) in [7, 11) is 0. The molecule has 1 amide bonds. The predicted octanol–water partition coefficient (Wildman–Crippen LogP) is 4.12. The zero-order valence-electron chi connectivity index (χ0n) is 12.4. The highest BCUT2D eigenvalue weighted by atomic mass is 79.9. The van der Waals surface area contributed by atoms with E-state index in [2.05, 4.69) is 21.2 Å². The number of hydrogen-bond acceptors (Lipinski definition) is 3. The monoisotopic (exact) mass is 378 g/mol. The number of anilines is 1. The summed E-state index contributed by atoms with van der Waals surface area (Å²) in [6.45, 7) is 3.22. The second-order valence-electron chi connectivity index (χ2n) is 4.57. The van der Waals surface area contributed by atoms with Crippen molar-refractivity contribution in [2.75, 3.05) is 18.5 Å². The van der Waals surface area contributed by atoms with Crippen molar-refractivity contribution < 1.29 is 9.53 Å². The van der Waals surface area contributed by atoms with Gasteiger partial charge in [-0.2, -0.15) is 0 Å². The molecule has 0 unspecified atom stereocenters. The number of carbonyl (C=O) groups excluding carboxylic acids is 1. The second kappa shape index (κ2) is 11.8. The minimum atomic E-state index is 0. The molecule has 0 aliphatic rings. The molecule has 0 aromatic heterocycles. The molecule has 0 radical (unpaired) electrons. The molecular formula is C15H24BrClN2O2. The minimum absolute atomic E-state index is 0. The fraction of sp³-hybridized carbons (Fsp3) is 0.533. The van der Waals surface area contributed by atoms with Crippen LogP contribution in [0, 0.1) is 0 Å². The van der Waals surface area contributed by atoms with Crippen LogP contribution in [0.15, 0.2) is 22.7 Å². The van der Waals surface area contributed by atoms with Crippen LogP contribution in [0.1, 0.15) is 39.0 Å². The van der Waals surface area contributed by atoms with Gasteiger partial charge in [-0.3, -0.25) is 4.79 Å². The number of carbonyl (C=O) groups is 1. The lowest BCUT2D eigenvalue weighted by Gasteiger charge is -2.12. The quantitative estimate of drug-likeness (QED) is 0.634.